The second kappa shape index (κ2) is 5.50. The van der Waals surface area contributed by atoms with Crippen molar-refractivity contribution in [3.63, 3.8) is 0 Å². The summed E-state index contributed by atoms with van der Waals surface area (Å²) in [7, 11) is 0. The zero-order valence-corrected chi connectivity index (χ0v) is 8.87. The smallest absolute Gasteiger partial charge is 0.154 e. The Kier molecular flexibility index (Phi) is 4.29. The molecule has 1 unspecified atom stereocenters. The molecule has 0 amide bonds. The molecule has 0 aliphatic carbocycles. The van der Waals surface area contributed by atoms with E-state index in [9.17, 15) is 4.79 Å². The lowest BCUT2D eigenvalue weighted by molar-refractivity contribution is -0.119. The number of ketones is 1. The number of halogens is 1. The van der Waals surface area contributed by atoms with Crippen molar-refractivity contribution in [3.05, 3.63) is 29.0 Å². The van der Waals surface area contributed by atoms with Crippen LogP contribution in [-0.4, -0.2) is 16.8 Å². The molecule has 0 fully saturated rings. The van der Waals surface area contributed by atoms with E-state index in [-0.39, 0.29) is 18.6 Å². The molecule has 15 heavy (non-hydrogen) atoms. The molecule has 0 aromatic carbocycles. The van der Waals surface area contributed by atoms with Crippen LogP contribution >= 0.6 is 11.6 Å². The zero-order valence-electron chi connectivity index (χ0n) is 8.11. The summed E-state index contributed by atoms with van der Waals surface area (Å²) in [5.74, 6) is 2.25. The van der Waals surface area contributed by atoms with Gasteiger partial charge in [0, 0.05) is 25.2 Å². The van der Waals surface area contributed by atoms with E-state index >= 15 is 0 Å². The predicted molar refractivity (Wildman–Crippen MR) is 59.4 cm³/mol. The fourth-order valence-corrected chi connectivity index (χ4v) is 1.29. The molecule has 1 aromatic rings. The van der Waals surface area contributed by atoms with Gasteiger partial charge in [-0.1, -0.05) is 11.6 Å². The van der Waals surface area contributed by atoms with Crippen molar-refractivity contribution in [1.82, 2.24) is 4.98 Å². The van der Waals surface area contributed by atoms with Gasteiger partial charge >= 0.3 is 0 Å². The van der Waals surface area contributed by atoms with Crippen molar-refractivity contribution in [3.8, 4) is 12.3 Å². The van der Waals surface area contributed by atoms with E-state index in [4.69, 9.17) is 23.8 Å². The summed E-state index contributed by atoms with van der Waals surface area (Å²) in [6, 6.07) is 1.09. The van der Waals surface area contributed by atoms with Gasteiger partial charge in [0.2, 0.25) is 0 Å². The molecule has 0 bridgehead atoms. The highest BCUT2D eigenvalue weighted by Gasteiger charge is 2.14. The third-order valence-corrected chi connectivity index (χ3v) is 2.31. The lowest BCUT2D eigenvalue weighted by Crippen LogP contribution is -2.31. The van der Waals surface area contributed by atoms with Crippen LogP contribution in [-0.2, 0) is 11.2 Å². The third-order valence-electron chi connectivity index (χ3n) is 1.97. The molecular weight excluding hydrogens is 212 g/mol. The molecule has 0 saturated carbocycles. The average molecular weight is 223 g/mol. The summed E-state index contributed by atoms with van der Waals surface area (Å²) in [6.07, 6.45) is 8.60. The Morgan fingerprint density at radius 2 is 2.47 bits per heavy atom. The van der Waals surface area contributed by atoms with Gasteiger partial charge in [-0.15, -0.1) is 12.3 Å². The first-order valence-electron chi connectivity index (χ1n) is 4.45. The number of carbonyl (C=O) groups excluding carboxylic acids is 1. The summed E-state index contributed by atoms with van der Waals surface area (Å²) in [6.45, 7) is 0. The number of aromatic nitrogens is 1. The number of carbonyl (C=O) groups is 1. The number of nitrogens with two attached hydrogens (primary N) is 1. The number of Topliss-reactive ketones (excluding diaryl/α,β-unsaturated/α-hetero) is 1. The molecule has 1 atom stereocenters. The summed E-state index contributed by atoms with van der Waals surface area (Å²) in [5.41, 5.74) is 6.30. The van der Waals surface area contributed by atoms with Crippen molar-refractivity contribution < 1.29 is 4.79 Å². The monoisotopic (exact) mass is 222 g/mol. The molecule has 0 saturated heterocycles. The highest BCUT2D eigenvalue weighted by molar-refractivity contribution is 6.31. The van der Waals surface area contributed by atoms with Gasteiger partial charge in [0.25, 0.3) is 0 Å². The quantitative estimate of drug-likeness (QED) is 0.779. The number of rotatable bonds is 4. The second-order valence-electron chi connectivity index (χ2n) is 3.12. The fraction of sp³-hybridized carbons (Fsp3) is 0.273. The minimum Gasteiger partial charge on any atom is -0.321 e. The van der Waals surface area contributed by atoms with Crippen LogP contribution in [0.5, 0.6) is 0 Å². The molecule has 78 valence electrons. The van der Waals surface area contributed by atoms with Gasteiger partial charge in [-0.05, 0) is 11.6 Å². The topological polar surface area (TPSA) is 56.0 Å². The van der Waals surface area contributed by atoms with Gasteiger partial charge in [-0.25, -0.2) is 0 Å². The first-order chi connectivity index (χ1) is 7.15. The fourth-order valence-electron chi connectivity index (χ4n) is 1.11. The SMILES string of the molecule is C#CCC(N)C(=O)Cc1ccncc1Cl. The van der Waals surface area contributed by atoms with Crippen LogP contribution in [0, 0.1) is 12.3 Å². The van der Waals surface area contributed by atoms with Gasteiger partial charge in [-0.2, -0.15) is 0 Å². The maximum absolute atomic E-state index is 11.6. The Balaban J connectivity index is 2.67. The molecule has 0 spiro atoms. The minimum atomic E-state index is -0.612. The lowest BCUT2D eigenvalue weighted by Gasteiger charge is -2.07. The zero-order chi connectivity index (χ0) is 11.3. The molecule has 1 heterocycles. The van der Waals surface area contributed by atoms with E-state index in [1.54, 1.807) is 12.3 Å². The molecule has 3 nitrogen and oxygen atoms in total. The molecule has 1 rings (SSSR count). The first-order valence-corrected chi connectivity index (χ1v) is 4.83. The van der Waals surface area contributed by atoms with Gasteiger partial charge in [-0.3, -0.25) is 9.78 Å². The Morgan fingerprint density at radius 1 is 1.73 bits per heavy atom. The molecule has 0 aliphatic rings. The third kappa shape index (κ3) is 3.35. The Morgan fingerprint density at radius 3 is 3.07 bits per heavy atom. The van der Waals surface area contributed by atoms with Crippen LogP contribution in [0.3, 0.4) is 0 Å². The van der Waals surface area contributed by atoms with Crippen molar-refractivity contribution in [2.45, 2.75) is 18.9 Å². The van der Waals surface area contributed by atoms with E-state index in [0.717, 1.165) is 5.56 Å². The number of hydrogen-bond donors (Lipinski definition) is 1. The van der Waals surface area contributed by atoms with Crippen LogP contribution in [0.25, 0.3) is 0 Å². The van der Waals surface area contributed by atoms with Crippen molar-refractivity contribution in [2.75, 3.05) is 0 Å². The highest BCUT2D eigenvalue weighted by atomic mass is 35.5. The Hall–Kier alpha value is -1.37. The van der Waals surface area contributed by atoms with E-state index in [0.29, 0.717) is 5.02 Å². The number of pyridine rings is 1. The Bertz CT molecular complexity index is 398. The van der Waals surface area contributed by atoms with Gasteiger partial charge < -0.3 is 5.73 Å². The van der Waals surface area contributed by atoms with Gasteiger partial charge in [0.05, 0.1) is 11.1 Å². The van der Waals surface area contributed by atoms with Crippen LogP contribution in [0.4, 0.5) is 0 Å². The Labute approximate surface area is 93.6 Å². The molecule has 0 radical (unpaired) electrons. The summed E-state index contributed by atoms with van der Waals surface area (Å²) in [5, 5.41) is 0.471. The molecule has 0 aliphatic heterocycles. The first kappa shape index (κ1) is 11.7. The summed E-state index contributed by atoms with van der Waals surface area (Å²) >= 11 is 5.85. The highest BCUT2D eigenvalue weighted by Crippen LogP contribution is 2.14. The standard InChI is InChI=1S/C11H11ClN2O/c1-2-3-10(13)11(15)6-8-4-5-14-7-9(8)12/h1,4-5,7,10H,3,6,13H2. The van der Waals surface area contributed by atoms with Gasteiger partial charge in [0.1, 0.15) is 0 Å². The van der Waals surface area contributed by atoms with E-state index in [2.05, 4.69) is 10.9 Å². The average Bonchev–Trinajstić information content (AvgIpc) is 2.21. The van der Waals surface area contributed by atoms with Crippen molar-refractivity contribution in [1.29, 1.82) is 0 Å². The van der Waals surface area contributed by atoms with Crippen LogP contribution in [0.1, 0.15) is 12.0 Å². The van der Waals surface area contributed by atoms with Crippen LogP contribution < -0.4 is 5.73 Å². The molecular formula is C11H11ClN2O. The summed E-state index contributed by atoms with van der Waals surface area (Å²) in [4.78, 5) is 15.4. The van der Waals surface area contributed by atoms with Crippen LogP contribution in [0.15, 0.2) is 18.5 Å². The number of hydrogen-bond acceptors (Lipinski definition) is 3. The molecule has 1 aromatic heterocycles. The largest absolute Gasteiger partial charge is 0.321 e. The molecule has 4 heteroatoms. The van der Waals surface area contributed by atoms with E-state index < -0.39 is 6.04 Å². The maximum atomic E-state index is 11.6. The van der Waals surface area contributed by atoms with Crippen LogP contribution in [0.2, 0.25) is 5.02 Å². The van der Waals surface area contributed by atoms with Gasteiger partial charge in [0.15, 0.2) is 5.78 Å². The molecule has 2 N–H and O–H groups in total. The number of nitrogens with zero attached hydrogens (tertiary/aromatic N) is 1. The number of terminal acetylenes is 1. The van der Waals surface area contributed by atoms with Crippen molar-refractivity contribution >= 4 is 17.4 Å². The van der Waals surface area contributed by atoms with Crippen molar-refractivity contribution in [2.24, 2.45) is 5.73 Å². The second-order valence-corrected chi connectivity index (χ2v) is 3.53. The summed E-state index contributed by atoms with van der Waals surface area (Å²) < 4.78 is 0. The van der Waals surface area contributed by atoms with E-state index in [1.807, 2.05) is 0 Å². The predicted octanol–water partition coefficient (Wildman–Crippen LogP) is 1.20. The minimum absolute atomic E-state index is 0.110. The normalized spacial score (nSPS) is 11.8. The van der Waals surface area contributed by atoms with E-state index in [1.165, 1.54) is 6.20 Å². The maximum Gasteiger partial charge on any atom is 0.154 e. The lowest BCUT2D eigenvalue weighted by atomic mass is 10.0.